The number of aromatic amines is 1. The van der Waals surface area contributed by atoms with Gasteiger partial charge in [-0.15, -0.1) is 0 Å². The first kappa shape index (κ1) is 23.9. The molecule has 182 valence electrons. The van der Waals surface area contributed by atoms with Gasteiger partial charge in [-0.05, 0) is 78.8 Å². The molecule has 36 heavy (non-hydrogen) atoms. The number of benzene rings is 2. The van der Waals surface area contributed by atoms with Crippen LogP contribution in [0.2, 0.25) is 0 Å². The zero-order valence-electron chi connectivity index (χ0n) is 18.6. The van der Waals surface area contributed by atoms with Crippen LogP contribution in [0.3, 0.4) is 0 Å². The van der Waals surface area contributed by atoms with Crippen molar-refractivity contribution in [1.29, 1.82) is 0 Å². The molecule has 0 amide bonds. The highest BCUT2D eigenvalue weighted by atomic mass is 79.9. The summed E-state index contributed by atoms with van der Waals surface area (Å²) in [7, 11) is -3.14. The molecule has 3 aromatic rings. The maximum atomic E-state index is 14.6. The summed E-state index contributed by atoms with van der Waals surface area (Å²) in [4.78, 5) is 2.95. The number of halogens is 7. The number of alkyl halides is 3. The topological polar surface area (TPSA) is 18.8 Å². The van der Waals surface area contributed by atoms with Gasteiger partial charge in [-0.3, -0.25) is 0 Å². The molecule has 0 atom stereocenters. The van der Waals surface area contributed by atoms with Crippen LogP contribution in [-0.4, -0.2) is 28.8 Å². The molecule has 2 aromatic carbocycles. The fourth-order valence-electron chi connectivity index (χ4n) is 5.52. The molecule has 0 bridgehead atoms. The molecule has 2 nitrogen and oxygen atoms in total. The molecule has 0 saturated carbocycles. The molecule has 10 heteroatoms. The average Bonchev–Trinajstić information content (AvgIpc) is 3.39. The third-order valence-corrected chi connectivity index (χ3v) is 7.99. The van der Waals surface area contributed by atoms with Gasteiger partial charge in [0.2, 0.25) is 5.70 Å². The minimum atomic E-state index is -4.86. The lowest BCUT2D eigenvalue weighted by Gasteiger charge is -2.17. The van der Waals surface area contributed by atoms with Crippen LogP contribution in [0, 0.1) is 0 Å². The lowest BCUT2D eigenvalue weighted by atomic mass is 9.86. The molecule has 0 spiro atoms. The molecule has 0 fully saturated rings. The van der Waals surface area contributed by atoms with Crippen molar-refractivity contribution in [3.8, 4) is 11.3 Å². The highest BCUT2D eigenvalue weighted by Crippen LogP contribution is 2.44. The van der Waals surface area contributed by atoms with Crippen LogP contribution in [0.25, 0.3) is 16.8 Å². The van der Waals surface area contributed by atoms with Crippen LogP contribution in [-0.2, 0) is 19.3 Å². The number of nitrogens with one attached hydrogen (secondary N) is 1. The number of aromatic nitrogens is 1. The summed E-state index contributed by atoms with van der Waals surface area (Å²) in [5.41, 5.74) is 3.42. The van der Waals surface area contributed by atoms with Gasteiger partial charge in [0, 0.05) is 37.4 Å². The third-order valence-electron chi connectivity index (χ3n) is 7.01. The Morgan fingerprint density at radius 2 is 1.44 bits per heavy atom. The highest BCUT2D eigenvalue weighted by Gasteiger charge is 2.52. The van der Waals surface area contributed by atoms with Gasteiger partial charge in [0.15, 0.2) is 5.71 Å². The van der Waals surface area contributed by atoms with Crippen molar-refractivity contribution in [3.05, 3.63) is 96.7 Å². The van der Waals surface area contributed by atoms with E-state index in [1.165, 1.54) is 12.1 Å². The predicted molar refractivity (Wildman–Crippen MR) is 137 cm³/mol. The third kappa shape index (κ3) is 3.84. The first-order valence-corrected chi connectivity index (χ1v) is 13.0. The summed E-state index contributed by atoms with van der Waals surface area (Å²) in [6, 6.07) is 12.4. The first-order valence-electron chi connectivity index (χ1n) is 11.4. The van der Waals surface area contributed by atoms with Gasteiger partial charge in [-0.25, -0.2) is 13.1 Å². The van der Waals surface area contributed by atoms with Crippen molar-refractivity contribution >= 4 is 50.5 Å². The van der Waals surface area contributed by atoms with Gasteiger partial charge < -0.3 is 4.98 Å². The highest BCUT2D eigenvalue weighted by molar-refractivity contribution is 9.10. The summed E-state index contributed by atoms with van der Waals surface area (Å²) in [5.74, 6) is 0. The maximum Gasteiger partial charge on any atom is 0.935 e. The minimum Gasteiger partial charge on any atom is -0.354 e. The van der Waals surface area contributed by atoms with Crippen molar-refractivity contribution in [2.75, 3.05) is 0 Å². The first-order chi connectivity index (χ1) is 17.1. The zero-order valence-corrected chi connectivity index (χ0v) is 21.8. The van der Waals surface area contributed by atoms with E-state index in [0.717, 1.165) is 31.2 Å². The molecule has 1 aliphatic heterocycles. The number of allylic oxidation sites excluding steroid dienone is 3. The smallest absolute Gasteiger partial charge is 0.354 e. The summed E-state index contributed by atoms with van der Waals surface area (Å²) in [6.45, 7) is 0. The monoisotopic (exact) mass is 621 g/mol. The fourth-order valence-corrected chi connectivity index (χ4v) is 6.34. The number of fused-ring (bicyclic) bond motifs is 6. The molecule has 2 heterocycles. The van der Waals surface area contributed by atoms with E-state index in [2.05, 4.69) is 36.8 Å². The molecule has 1 N–H and O–H groups in total. The Balaban J connectivity index is 1.59. The lowest BCUT2D eigenvalue weighted by molar-refractivity contribution is -0.342. The Morgan fingerprint density at radius 1 is 0.833 bits per heavy atom. The van der Waals surface area contributed by atoms with Gasteiger partial charge in [0.25, 0.3) is 0 Å². The zero-order chi connectivity index (χ0) is 25.4. The standard InChI is InChI=1S/C26H16BBr2F5N2/c28-17-5-7-19-13(9-17)1-3-15-11-21(35-24(15)19)23(26(30,31)32)22-12-16-4-2-14-10-18(29)6-8-20(14)25(16)36(22)27(33)34/h5-12H,1-4H2/p+1. The fraction of sp³-hybridized carbons (Fsp3) is 0.192. The van der Waals surface area contributed by atoms with Gasteiger partial charge in [0.05, 0.1) is 5.69 Å². The predicted octanol–water partition coefficient (Wildman–Crippen LogP) is 7.89. The Labute approximate surface area is 221 Å². The molecule has 3 aliphatic rings. The molecule has 0 saturated heterocycles. The van der Waals surface area contributed by atoms with Crippen molar-refractivity contribution < 1.29 is 26.3 Å². The average molecular weight is 623 g/mol. The van der Waals surface area contributed by atoms with Crippen LogP contribution in [0.4, 0.5) is 21.8 Å². The van der Waals surface area contributed by atoms with Crippen LogP contribution in [0.1, 0.15) is 34.4 Å². The Hall–Kier alpha value is -2.46. The van der Waals surface area contributed by atoms with Crippen molar-refractivity contribution in [2.24, 2.45) is 0 Å². The Bertz CT molecular complexity index is 1530. The second-order valence-electron chi connectivity index (χ2n) is 9.11. The molecule has 1 aromatic heterocycles. The normalized spacial score (nSPS) is 17.8. The molecule has 2 aliphatic carbocycles. The second kappa shape index (κ2) is 8.55. The Morgan fingerprint density at radius 3 is 2.11 bits per heavy atom. The van der Waals surface area contributed by atoms with Crippen LogP contribution in [0.15, 0.2) is 68.8 Å². The number of hydrogen-bond acceptors (Lipinski definition) is 0. The largest absolute Gasteiger partial charge is 0.935 e. The summed E-state index contributed by atoms with van der Waals surface area (Å²) >= 11 is 6.83. The Kier molecular flexibility index (Phi) is 5.68. The van der Waals surface area contributed by atoms with Crippen molar-refractivity contribution in [2.45, 2.75) is 31.9 Å². The van der Waals surface area contributed by atoms with Crippen LogP contribution >= 0.6 is 31.9 Å². The van der Waals surface area contributed by atoms with E-state index < -0.39 is 24.8 Å². The number of hydrogen-bond donors (Lipinski definition) is 1. The van der Waals surface area contributed by atoms with E-state index in [1.807, 2.05) is 24.3 Å². The van der Waals surface area contributed by atoms with E-state index in [-0.39, 0.29) is 11.4 Å². The SMILES string of the molecule is FB(F)[N+]1=C2C(=C/C1=C(/c1cc3c([nH]1)-c1ccc(Br)cc1CC3)C(F)(F)F)CCc1cc(Br)ccc12. The number of nitrogens with zero attached hydrogens (tertiary/aromatic N) is 1. The second-order valence-corrected chi connectivity index (χ2v) is 10.9. The van der Waals surface area contributed by atoms with Gasteiger partial charge in [-0.2, -0.15) is 13.2 Å². The summed E-state index contributed by atoms with van der Waals surface area (Å²) in [6.07, 6.45) is -1.35. The quantitative estimate of drug-likeness (QED) is 0.221. The summed E-state index contributed by atoms with van der Waals surface area (Å²) in [5, 5.41) is 0. The van der Waals surface area contributed by atoms with E-state index in [4.69, 9.17) is 0 Å². The molecular weight excluding hydrogens is 606 g/mol. The van der Waals surface area contributed by atoms with Gasteiger partial charge in [0.1, 0.15) is 5.57 Å². The maximum absolute atomic E-state index is 14.6. The molecule has 0 radical (unpaired) electrons. The molecule has 6 rings (SSSR count). The van der Waals surface area contributed by atoms with E-state index in [1.54, 1.807) is 12.1 Å². The summed E-state index contributed by atoms with van der Waals surface area (Å²) < 4.78 is 75.2. The molecule has 0 unspecified atom stereocenters. The van der Waals surface area contributed by atoms with Crippen LogP contribution < -0.4 is 0 Å². The van der Waals surface area contributed by atoms with E-state index in [9.17, 15) is 21.8 Å². The molecular formula is C26H17BBr2F5N2+. The van der Waals surface area contributed by atoms with Gasteiger partial charge in [-0.1, -0.05) is 37.9 Å². The van der Waals surface area contributed by atoms with E-state index >= 15 is 0 Å². The van der Waals surface area contributed by atoms with Crippen LogP contribution in [0.5, 0.6) is 0 Å². The van der Waals surface area contributed by atoms with Crippen molar-refractivity contribution in [3.63, 3.8) is 0 Å². The minimum absolute atomic E-state index is 0.155. The number of rotatable bonds is 2. The number of H-pyrrole nitrogens is 1. The van der Waals surface area contributed by atoms with E-state index in [0.29, 0.717) is 47.0 Å². The number of aryl methyl sites for hydroxylation is 3. The van der Waals surface area contributed by atoms with Crippen molar-refractivity contribution in [1.82, 2.24) is 4.98 Å². The lowest BCUT2D eigenvalue weighted by Crippen LogP contribution is -2.30. The van der Waals surface area contributed by atoms with Gasteiger partial charge >= 0.3 is 13.6 Å².